The molecular formula is C15H12BrN3S. The van der Waals surface area contributed by atoms with Gasteiger partial charge < -0.3 is 0 Å². The molecule has 0 N–H and O–H groups in total. The Balaban J connectivity index is 1.68. The fraction of sp³-hybridized carbons (Fsp3) is 0.0667. The van der Waals surface area contributed by atoms with Crippen molar-refractivity contribution in [3.63, 3.8) is 0 Å². The van der Waals surface area contributed by atoms with E-state index in [1.165, 1.54) is 4.90 Å². The van der Waals surface area contributed by atoms with Gasteiger partial charge in [-0.05, 0) is 39.7 Å². The van der Waals surface area contributed by atoms with Crippen molar-refractivity contribution >= 4 is 27.7 Å². The smallest absolute Gasteiger partial charge is 0.101 e. The molecule has 0 fully saturated rings. The number of benzene rings is 1. The van der Waals surface area contributed by atoms with Crippen molar-refractivity contribution in [1.82, 2.24) is 14.8 Å². The monoisotopic (exact) mass is 345 g/mol. The second kappa shape index (κ2) is 6.24. The standard InChI is InChI=1S/C15H12BrN3S/c16-13-9-18-19(11-13)10-12-6-7-15(17-8-12)20-14-4-2-1-3-5-14/h1-9,11H,10H2. The van der Waals surface area contributed by atoms with Crippen LogP contribution in [0.25, 0.3) is 0 Å². The minimum absolute atomic E-state index is 0.731. The summed E-state index contributed by atoms with van der Waals surface area (Å²) in [4.78, 5) is 5.68. The third-order valence-corrected chi connectivity index (χ3v) is 4.08. The maximum atomic E-state index is 4.49. The molecule has 2 aromatic heterocycles. The zero-order valence-corrected chi connectivity index (χ0v) is 13.0. The van der Waals surface area contributed by atoms with Gasteiger partial charge in [0.1, 0.15) is 5.03 Å². The number of aromatic nitrogens is 3. The van der Waals surface area contributed by atoms with Crippen molar-refractivity contribution in [1.29, 1.82) is 0 Å². The first-order valence-electron chi connectivity index (χ1n) is 6.15. The highest BCUT2D eigenvalue weighted by atomic mass is 79.9. The molecule has 0 aliphatic rings. The van der Waals surface area contributed by atoms with Gasteiger partial charge in [-0.2, -0.15) is 5.10 Å². The summed E-state index contributed by atoms with van der Waals surface area (Å²) >= 11 is 5.06. The zero-order valence-electron chi connectivity index (χ0n) is 10.6. The SMILES string of the molecule is Brc1cnn(Cc2ccc(Sc3ccccc3)nc2)c1. The summed E-state index contributed by atoms with van der Waals surface area (Å²) < 4.78 is 2.87. The number of nitrogens with zero attached hydrogens (tertiary/aromatic N) is 3. The van der Waals surface area contributed by atoms with Crippen LogP contribution in [0.4, 0.5) is 0 Å². The summed E-state index contributed by atoms with van der Waals surface area (Å²) in [5.41, 5.74) is 1.14. The van der Waals surface area contributed by atoms with Gasteiger partial charge >= 0.3 is 0 Å². The Kier molecular flexibility index (Phi) is 4.18. The van der Waals surface area contributed by atoms with Crippen molar-refractivity contribution in [2.75, 3.05) is 0 Å². The van der Waals surface area contributed by atoms with Crippen LogP contribution < -0.4 is 0 Å². The molecule has 0 saturated carbocycles. The van der Waals surface area contributed by atoms with E-state index in [0.717, 1.165) is 21.6 Å². The van der Waals surface area contributed by atoms with Crippen molar-refractivity contribution in [2.45, 2.75) is 16.5 Å². The Morgan fingerprint density at radius 3 is 2.55 bits per heavy atom. The average Bonchev–Trinajstić information content (AvgIpc) is 2.88. The molecule has 0 atom stereocenters. The fourth-order valence-electron chi connectivity index (χ4n) is 1.79. The third kappa shape index (κ3) is 3.49. The van der Waals surface area contributed by atoms with Crippen LogP contribution in [0.15, 0.2) is 75.4 Å². The molecule has 2 heterocycles. The van der Waals surface area contributed by atoms with E-state index >= 15 is 0 Å². The summed E-state index contributed by atoms with van der Waals surface area (Å²) in [6.45, 7) is 0.731. The van der Waals surface area contributed by atoms with Gasteiger partial charge in [-0.15, -0.1) is 0 Å². The Morgan fingerprint density at radius 2 is 1.90 bits per heavy atom. The summed E-state index contributed by atoms with van der Waals surface area (Å²) in [6, 6.07) is 14.4. The number of rotatable bonds is 4. The Hall–Kier alpha value is -1.59. The average molecular weight is 346 g/mol. The first-order chi connectivity index (χ1) is 9.79. The normalized spacial score (nSPS) is 10.7. The van der Waals surface area contributed by atoms with E-state index in [2.05, 4.69) is 44.2 Å². The van der Waals surface area contributed by atoms with Crippen LogP contribution in [0.1, 0.15) is 5.56 Å². The van der Waals surface area contributed by atoms with Crippen LogP contribution in [0, 0.1) is 0 Å². The van der Waals surface area contributed by atoms with Gasteiger partial charge in [-0.25, -0.2) is 4.98 Å². The molecule has 0 radical (unpaired) electrons. The molecule has 1 aromatic carbocycles. The molecule has 3 nitrogen and oxygen atoms in total. The second-order valence-corrected chi connectivity index (χ2v) is 6.29. The maximum absolute atomic E-state index is 4.49. The molecule has 0 bridgehead atoms. The highest BCUT2D eigenvalue weighted by Gasteiger charge is 2.01. The van der Waals surface area contributed by atoms with E-state index in [4.69, 9.17) is 0 Å². The number of hydrogen-bond acceptors (Lipinski definition) is 3. The summed E-state index contributed by atoms with van der Waals surface area (Å²) in [6.07, 6.45) is 5.64. The fourth-order valence-corrected chi connectivity index (χ4v) is 2.89. The molecule has 0 aliphatic carbocycles. The molecule has 5 heteroatoms. The lowest BCUT2D eigenvalue weighted by Gasteiger charge is -2.04. The number of halogens is 1. The minimum atomic E-state index is 0.731. The molecule has 3 rings (SSSR count). The van der Waals surface area contributed by atoms with E-state index in [1.54, 1.807) is 18.0 Å². The third-order valence-electron chi connectivity index (χ3n) is 2.71. The van der Waals surface area contributed by atoms with Crippen LogP contribution in [0.3, 0.4) is 0 Å². The van der Waals surface area contributed by atoms with Gasteiger partial charge in [0.05, 0.1) is 17.2 Å². The maximum Gasteiger partial charge on any atom is 0.101 e. The van der Waals surface area contributed by atoms with Crippen molar-refractivity contribution in [2.24, 2.45) is 0 Å². The van der Waals surface area contributed by atoms with Crippen LogP contribution in [0.5, 0.6) is 0 Å². The molecular weight excluding hydrogens is 334 g/mol. The van der Waals surface area contributed by atoms with Crippen molar-refractivity contribution < 1.29 is 0 Å². The summed E-state index contributed by atoms with van der Waals surface area (Å²) in [7, 11) is 0. The van der Waals surface area contributed by atoms with Gasteiger partial charge in [0.25, 0.3) is 0 Å². The van der Waals surface area contributed by atoms with E-state index in [-0.39, 0.29) is 0 Å². The van der Waals surface area contributed by atoms with E-state index in [9.17, 15) is 0 Å². The van der Waals surface area contributed by atoms with Gasteiger partial charge in [-0.1, -0.05) is 36.0 Å². The molecule has 0 spiro atoms. The summed E-state index contributed by atoms with van der Waals surface area (Å²) in [5, 5.41) is 5.24. The largest absolute Gasteiger partial charge is 0.267 e. The number of pyridine rings is 1. The Labute approximate surface area is 130 Å². The predicted molar refractivity (Wildman–Crippen MR) is 83.8 cm³/mol. The summed E-state index contributed by atoms with van der Waals surface area (Å²) in [5.74, 6) is 0. The molecule has 100 valence electrons. The van der Waals surface area contributed by atoms with Gasteiger partial charge in [-0.3, -0.25) is 4.68 Å². The molecule has 0 aliphatic heterocycles. The minimum Gasteiger partial charge on any atom is -0.267 e. The lowest BCUT2D eigenvalue weighted by atomic mass is 10.3. The molecule has 3 aromatic rings. The molecule has 0 saturated heterocycles. The molecule has 0 amide bonds. The van der Waals surface area contributed by atoms with Gasteiger partial charge in [0.2, 0.25) is 0 Å². The quantitative estimate of drug-likeness (QED) is 0.708. The van der Waals surface area contributed by atoms with Crippen LogP contribution in [-0.2, 0) is 6.54 Å². The Morgan fingerprint density at radius 1 is 1.05 bits per heavy atom. The van der Waals surface area contributed by atoms with Crippen LogP contribution in [0.2, 0.25) is 0 Å². The first kappa shape index (κ1) is 13.4. The predicted octanol–water partition coefficient (Wildman–Crippen LogP) is 4.24. The van der Waals surface area contributed by atoms with Gasteiger partial charge in [0, 0.05) is 17.3 Å². The van der Waals surface area contributed by atoms with E-state index in [0.29, 0.717) is 0 Å². The first-order valence-corrected chi connectivity index (χ1v) is 7.76. The molecule has 20 heavy (non-hydrogen) atoms. The van der Waals surface area contributed by atoms with Crippen molar-refractivity contribution in [3.8, 4) is 0 Å². The van der Waals surface area contributed by atoms with E-state index in [1.807, 2.05) is 41.3 Å². The lowest BCUT2D eigenvalue weighted by Crippen LogP contribution is -2.00. The Bertz CT molecular complexity index is 680. The topological polar surface area (TPSA) is 30.7 Å². The second-order valence-electron chi connectivity index (χ2n) is 4.28. The highest BCUT2D eigenvalue weighted by Crippen LogP contribution is 2.25. The number of hydrogen-bond donors (Lipinski definition) is 0. The molecule has 0 unspecified atom stereocenters. The zero-order chi connectivity index (χ0) is 13.8. The van der Waals surface area contributed by atoms with Crippen molar-refractivity contribution in [3.05, 3.63) is 71.1 Å². The van der Waals surface area contributed by atoms with Crippen LogP contribution in [-0.4, -0.2) is 14.8 Å². The van der Waals surface area contributed by atoms with Gasteiger partial charge in [0.15, 0.2) is 0 Å². The van der Waals surface area contributed by atoms with Crippen LogP contribution >= 0.6 is 27.7 Å². The highest BCUT2D eigenvalue weighted by molar-refractivity contribution is 9.10. The van der Waals surface area contributed by atoms with E-state index < -0.39 is 0 Å². The lowest BCUT2D eigenvalue weighted by molar-refractivity contribution is 0.683.